The monoisotopic (exact) mass is 386 g/mol. The summed E-state index contributed by atoms with van der Waals surface area (Å²) in [5.74, 6) is -1.84. The molecule has 2 heterocycles. The molecule has 2 N–H and O–H groups in total. The van der Waals surface area contributed by atoms with Crippen molar-refractivity contribution in [3.63, 3.8) is 0 Å². The van der Waals surface area contributed by atoms with Crippen molar-refractivity contribution in [2.24, 2.45) is 0 Å². The summed E-state index contributed by atoms with van der Waals surface area (Å²) in [5, 5.41) is 14.3. The molecule has 0 aliphatic rings. The molecule has 0 unspecified atom stereocenters. The van der Waals surface area contributed by atoms with Gasteiger partial charge in [0.1, 0.15) is 11.5 Å². The van der Waals surface area contributed by atoms with Crippen LogP contribution in [0.4, 0.5) is 4.39 Å². The summed E-state index contributed by atoms with van der Waals surface area (Å²) < 4.78 is 14.1. The van der Waals surface area contributed by atoms with Gasteiger partial charge in [-0.15, -0.1) is 0 Å². The molecule has 3 rings (SSSR count). The highest BCUT2D eigenvalue weighted by Gasteiger charge is 2.20. The van der Waals surface area contributed by atoms with Crippen LogP contribution in [0.3, 0.4) is 0 Å². The van der Waals surface area contributed by atoms with E-state index in [1.165, 1.54) is 47.0 Å². The van der Waals surface area contributed by atoms with Crippen molar-refractivity contribution in [1.82, 2.24) is 19.8 Å². The number of hydroxylamine groups is 2. The molecule has 3 aromatic rings. The molecule has 1 amide bonds. The minimum Gasteiger partial charge on any atom is -0.501 e. The molecule has 0 radical (unpaired) electrons. The Balaban J connectivity index is 1.94. The summed E-state index contributed by atoms with van der Waals surface area (Å²) in [4.78, 5) is 34.3. The van der Waals surface area contributed by atoms with Gasteiger partial charge < -0.3 is 15.3 Å². The lowest BCUT2D eigenvalue weighted by Crippen LogP contribution is -2.28. The Morgan fingerprint density at radius 2 is 2.04 bits per heavy atom. The molecule has 8 nitrogen and oxygen atoms in total. The molecule has 0 spiro atoms. The molecular formula is C19H19FN4O4. The molecule has 0 bridgehead atoms. The lowest BCUT2D eigenvalue weighted by molar-refractivity contribution is -0.116. The van der Waals surface area contributed by atoms with E-state index >= 15 is 0 Å². The molecular weight excluding hydrogens is 367 g/mol. The topological polar surface area (TPSA) is 96.2 Å². The molecule has 0 atom stereocenters. The van der Waals surface area contributed by atoms with Gasteiger partial charge >= 0.3 is 5.56 Å². The van der Waals surface area contributed by atoms with Crippen LogP contribution in [0.1, 0.15) is 21.6 Å². The number of fused-ring (bicyclic) bond motifs is 1. The number of nitrogens with one attached hydrogen (secondary N) is 1. The molecule has 2 aromatic heterocycles. The number of carbonyl (C=O) groups is 1. The first-order valence-electron chi connectivity index (χ1n) is 8.42. The maximum Gasteiger partial charge on any atom is 0.300 e. The highest BCUT2D eigenvalue weighted by molar-refractivity contribution is 5.95. The molecule has 0 saturated carbocycles. The van der Waals surface area contributed by atoms with Crippen LogP contribution >= 0.6 is 0 Å². The number of hydrogen-bond acceptors (Lipinski definition) is 6. The maximum absolute atomic E-state index is 13.0. The molecule has 146 valence electrons. The Hall–Kier alpha value is -3.30. The molecule has 0 aliphatic heterocycles. The number of hydrogen-bond donors (Lipinski definition) is 2. The first kappa shape index (κ1) is 19.5. The highest BCUT2D eigenvalue weighted by Crippen LogP contribution is 2.15. The van der Waals surface area contributed by atoms with Crippen molar-refractivity contribution in [1.29, 1.82) is 0 Å². The van der Waals surface area contributed by atoms with Gasteiger partial charge in [0.2, 0.25) is 5.75 Å². The smallest absolute Gasteiger partial charge is 0.300 e. The fraction of sp³-hybridized carbons (Fsp3) is 0.211. The van der Waals surface area contributed by atoms with Crippen LogP contribution in [0.2, 0.25) is 0 Å². The van der Waals surface area contributed by atoms with E-state index in [2.05, 4.69) is 10.3 Å². The Morgan fingerprint density at radius 3 is 2.71 bits per heavy atom. The van der Waals surface area contributed by atoms with Gasteiger partial charge in [-0.05, 0) is 23.8 Å². The number of amides is 1. The van der Waals surface area contributed by atoms with Crippen molar-refractivity contribution in [2.75, 3.05) is 14.2 Å². The van der Waals surface area contributed by atoms with Crippen molar-refractivity contribution >= 4 is 11.6 Å². The second-order valence-electron chi connectivity index (χ2n) is 6.12. The lowest BCUT2D eigenvalue weighted by atomic mass is 10.2. The quantitative estimate of drug-likeness (QED) is 0.623. The third-order valence-corrected chi connectivity index (χ3v) is 4.20. The molecule has 0 aliphatic carbocycles. The highest BCUT2D eigenvalue weighted by atomic mass is 19.1. The minimum absolute atomic E-state index is 0.0909. The second kappa shape index (κ2) is 8.15. The first-order valence-corrected chi connectivity index (χ1v) is 8.42. The normalized spacial score (nSPS) is 11.1. The third kappa shape index (κ3) is 4.00. The lowest BCUT2D eigenvalue weighted by Gasteiger charge is -2.15. The number of halogens is 1. The molecule has 0 saturated heterocycles. The van der Waals surface area contributed by atoms with Gasteiger partial charge in [-0.25, -0.2) is 9.37 Å². The summed E-state index contributed by atoms with van der Waals surface area (Å²) in [5.41, 5.74) is 0.408. The summed E-state index contributed by atoms with van der Waals surface area (Å²) >= 11 is 0. The SMILES string of the molecule is CON(C)Cc1cccn2c(=O)c(O)c(C(=O)NCc3ccc(F)cc3)nc12. The van der Waals surface area contributed by atoms with Gasteiger partial charge in [0.25, 0.3) is 5.91 Å². The van der Waals surface area contributed by atoms with Crippen LogP contribution in [-0.4, -0.2) is 39.6 Å². The Kier molecular flexibility index (Phi) is 5.67. The van der Waals surface area contributed by atoms with E-state index in [0.29, 0.717) is 17.7 Å². The van der Waals surface area contributed by atoms with Crippen LogP contribution in [0.15, 0.2) is 47.4 Å². The van der Waals surface area contributed by atoms with Gasteiger partial charge in [0, 0.05) is 25.4 Å². The zero-order chi connectivity index (χ0) is 20.3. The van der Waals surface area contributed by atoms with Crippen molar-refractivity contribution in [3.05, 3.63) is 75.6 Å². The van der Waals surface area contributed by atoms with E-state index in [-0.39, 0.29) is 23.7 Å². The fourth-order valence-electron chi connectivity index (χ4n) is 2.66. The number of nitrogens with zero attached hydrogens (tertiary/aromatic N) is 3. The number of pyridine rings is 1. The van der Waals surface area contributed by atoms with Crippen LogP contribution in [0, 0.1) is 5.82 Å². The molecule has 28 heavy (non-hydrogen) atoms. The summed E-state index contributed by atoms with van der Waals surface area (Å²) in [7, 11) is 3.21. The van der Waals surface area contributed by atoms with Crippen molar-refractivity contribution < 1.29 is 19.1 Å². The van der Waals surface area contributed by atoms with Gasteiger partial charge in [0.05, 0.1) is 13.7 Å². The molecule has 0 fully saturated rings. The van der Waals surface area contributed by atoms with Crippen molar-refractivity contribution in [2.45, 2.75) is 13.1 Å². The molecule has 1 aromatic carbocycles. The predicted octanol–water partition coefficient (Wildman–Crippen LogP) is 1.46. The number of rotatable bonds is 6. The number of aromatic nitrogens is 2. The average molecular weight is 386 g/mol. The van der Waals surface area contributed by atoms with Crippen LogP contribution < -0.4 is 10.9 Å². The Labute approximate surface area is 159 Å². The van der Waals surface area contributed by atoms with E-state index in [1.54, 1.807) is 19.2 Å². The van der Waals surface area contributed by atoms with Gasteiger partial charge in [-0.2, -0.15) is 5.06 Å². The van der Waals surface area contributed by atoms with E-state index in [4.69, 9.17) is 4.84 Å². The number of aromatic hydroxyl groups is 1. The summed E-state index contributed by atoms with van der Waals surface area (Å²) in [6.45, 7) is 0.405. The van der Waals surface area contributed by atoms with E-state index in [0.717, 1.165) is 0 Å². The second-order valence-corrected chi connectivity index (χ2v) is 6.12. The summed E-state index contributed by atoms with van der Waals surface area (Å²) in [6, 6.07) is 8.99. The zero-order valence-electron chi connectivity index (χ0n) is 15.3. The Bertz CT molecular complexity index is 1070. The third-order valence-electron chi connectivity index (χ3n) is 4.20. The van der Waals surface area contributed by atoms with E-state index in [1.807, 2.05) is 0 Å². The van der Waals surface area contributed by atoms with Gasteiger partial charge in [-0.3, -0.25) is 14.0 Å². The minimum atomic E-state index is -0.751. The fourth-order valence-corrected chi connectivity index (χ4v) is 2.66. The summed E-state index contributed by atoms with van der Waals surface area (Å²) in [6.07, 6.45) is 1.46. The first-order chi connectivity index (χ1) is 13.4. The van der Waals surface area contributed by atoms with E-state index in [9.17, 15) is 19.1 Å². The van der Waals surface area contributed by atoms with Crippen LogP contribution in [0.25, 0.3) is 5.65 Å². The maximum atomic E-state index is 13.0. The number of benzene rings is 1. The van der Waals surface area contributed by atoms with Gasteiger partial charge in [-0.1, -0.05) is 18.2 Å². The number of carbonyl (C=O) groups excluding carboxylic acids is 1. The van der Waals surface area contributed by atoms with Crippen LogP contribution in [0.5, 0.6) is 5.75 Å². The largest absolute Gasteiger partial charge is 0.501 e. The van der Waals surface area contributed by atoms with Crippen LogP contribution in [-0.2, 0) is 17.9 Å². The van der Waals surface area contributed by atoms with Crippen molar-refractivity contribution in [3.8, 4) is 5.75 Å². The van der Waals surface area contributed by atoms with Gasteiger partial charge in [0.15, 0.2) is 5.69 Å². The predicted molar refractivity (Wildman–Crippen MR) is 99.2 cm³/mol. The Morgan fingerprint density at radius 1 is 1.32 bits per heavy atom. The van der Waals surface area contributed by atoms with E-state index < -0.39 is 17.2 Å². The molecule has 9 heteroatoms. The standard InChI is InChI=1S/C19H19FN4O4/c1-23(28-2)11-13-4-3-9-24-17(13)22-15(16(25)19(24)27)18(26)21-10-12-5-7-14(20)8-6-12/h3-9,25H,10-11H2,1-2H3,(H,21,26). The zero-order valence-corrected chi connectivity index (χ0v) is 15.3. The average Bonchev–Trinajstić information content (AvgIpc) is 2.70.